The lowest BCUT2D eigenvalue weighted by molar-refractivity contribution is -0.148. The van der Waals surface area contributed by atoms with E-state index in [9.17, 15) is 14.4 Å². The van der Waals surface area contributed by atoms with E-state index >= 15 is 0 Å². The molecule has 0 aromatic carbocycles. The van der Waals surface area contributed by atoms with Crippen LogP contribution in [0.5, 0.6) is 0 Å². The van der Waals surface area contributed by atoms with Crippen LogP contribution in [0.3, 0.4) is 0 Å². The predicted molar refractivity (Wildman–Crippen MR) is 75.7 cm³/mol. The largest absolute Gasteiger partial charge is 0.481 e. The molecule has 2 amide bonds. The molecule has 0 aromatic rings. The Labute approximate surface area is 124 Å². The number of hydrogen-bond acceptors (Lipinski definition) is 4. The fourth-order valence-corrected chi connectivity index (χ4v) is 2.39. The lowest BCUT2D eigenvalue weighted by Crippen LogP contribution is -2.47. The predicted octanol–water partition coefficient (Wildman–Crippen LogP) is 0.193. The maximum absolute atomic E-state index is 12.1. The van der Waals surface area contributed by atoms with Crippen LogP contribution in [0.25, 0.3) is 0 Å². The van der Waals surface area contributed by atoms with Crippen molar-refractivity contribution in [3.8, 4) is 0 Å². The fraction of sp³-hybridized carbons (Fsp3) is 0.786. The molecule has 21 heavy (non-hydrogen) atoms. The van der Waals surface area contributed by atoms with Gasteiger partial charge in [0.2, 0.25) is 5.91 Å². The van der Waals surface area contributed by atoms with Crippen molar-refractivity contribution < 1.29 is 24.2 Å². The highest BCUT2D eigenvalue weighted by atomic mass is 16.5. The molecule has 0 aromatic heterocycles. The summed E-state index contributed by atoms with van der Waals surface area (Å²) >= 11 is 0. The van der Waals surface area contributed by atoms with Gasteiger partial charge in [0.25, 0.3) is 5.91 Å². The van der Waals surface area contributed by atoms with Crippen LogP contribution < -0.4 is 0 Å². The maximum Gasteiger partial charge on any atom is 0.306 e. The third-order valence-corrected chi connectivity index (χ3v) is 3.71. The average Bonchev–Trinajstić information content (AvgIpc) is 2.46. The number of carboxylic acids is 1. The number of aliphatic carboxylic acids is 1. The Kier molecular flexibility index (Phi) is 6.61. The molecule has 7 nitrogen and oxygen atoms in total. The van der Waals surface area contributed by atoms with Crippen molar-refractivity contribution in [2.45, 2.75) is 32.8 Å². The summed E-state index contributed by atoms with van der Waals surface area (Å²) in [5.74, 6) is -1.56. The number of likely N-dealkylation sites (N-methyl/N-ethyl adjacent to an activating group) is 1. The molecule has 1 atom stereocenters. The van der Waals surface area contributed by atoms with Gasteiger partial charge in [-0.3, -0.25) is 14.4 Å². The minimum absolute atomic E-state index is 0.00597. The van der Waals surface area contributed by atoms with Crippen LogP contribution in [0.2, 0.25) is 0 Å². The Morgan fingerprint density at radius 3 is 2.38 bits per heavy atom. The lowest BCUT2D eigenvalue weighted by atomic mass is 9.97. The molecule has 0 saturated carbocycles. The molecule has 1 rings (SSSR count). The van der Waals surface area contributed by atoms with Crippen molar-refractivity contribution in [1.29, 1.82) is 0 Å². The molecule has 0 aliphatic carbocycles. The Balaban J connectivity index is 2.43. The average molecular weight is 300 g/mol. The zero-order chi connectivity index (χ0) is 16.0. The third-order valence-electron chi connectivity index (χ3n) is 3.71. The number of ether oxygens (including phenoxy) is 1. The van der Waals surface area contributed by atoms with Crippen molar-refractivity contribution in [2.24, 2.45) is 5.92 Å². The first-order chi connectivity index (χ1) is 9.86. The minimum atomic E-state index is -0.806. The molecule has 1 heterocycles. The molecule has 0 radical (unpaired) electrons. The maximum atomic E-state index is 12.1. The quantitative estimate of drug-likeness (QED) is 0.757. The smallest absolute Gasteiger partial charge is 0.306 e. The van der Waals surface area contributed by atoms with E-state index in [0.717, 1.165) is 0 Å². The summed E-state index contributed by atoms with van der Waals surface area (Å²) < 4.78 is 5.21. The van der Waals surface area contributed by atoms with Gasteiger partial charge in [0, 0.05) is 26.7 Å². The van der Waals surface area contributed by atoms with Gasteiger partial charge in [-0.25, -0.2) is 0 Å². The van der Waals surface area contributed by atoms with Crippen molar-refractivity contribution in [2.75, 3.05) is 33.3 Å². The first-order valence-electron chi connectivity index (χ1n) is 7.24. The van der Waals surface area contributed by atoms with E-state index in [-0.39, 0.29) is 24.3 Å². The number of carbonyl (C=O) groups is 3. The minimum Gasteiger partial charge on any atom is -0.481 e. The van der Waals surface area contributed by atoms with E-state index in [1.807, 2.05) is 6.92 Å². The second kappa shape index (κ2) is 7.97. The molecule has 1 aliphatic rings. The van der Waals surface area contributed by atoms with Gasteiger partial charge in [0.15, 0.2) is 0 Å². The summed E-state index contributed by atoms with van der Waals surface area (Å²) in [5, 5.41) is 8.92. The zero-order valence-electron chi connectivity index (χ0n) is 12.9. The molecule has 1 saturated heterocycles. The first-order valence-corrected chi connectivity index (χ1v) is 7.24. The number of rotatable bonds is 6. The van der Waals surface area contributed by atoms with Gasteiger partial charge >= 0.3 is 5.97 Å². The Bertz CT molecular complexity index is 391. The molecule has 7 heteroatoms. The van der Waals surface area contributed by atoms with Crippen LogP contribution in [0.15, 0.2) is 0 Å². The summed E-state index contributed by atoms with van der Waals surface area (Å²) in [7, 11) is 1.57. The molecule has 1 unspecified atom stereocenters. The van der Waals surface area contributed by atoms with Crippen molar-refractivity contribution in [3.05, 3.63) is 0 Å². The number of nitrogens with zero attached hydrogens (tertiary/aromatic N) is 2. The normalized spacial score (nSPS) is 17.4. The number of likely N-dealkylation sites (tertiary alicyclic amines) is 1. The van der Waals surface area contributed by atoms with E-state index in [4.69, 9.17) is 9.84 Å². The van der Waals surface area contributed by atoms with Crippen molar-refractivity contribution in [1.82, 2.24) is 9.80 Å². The molecule has 0 bridgehead atoms. The Hall–Kier alpha value is -1.63. The van der Waals surface area contributed by atoms with Crippen LogP contribution in [-0.4, -0.2) is 72.1 Å². The van der Waals surface area contributed by atoms with Crippen LogP contribution in [0.1, 0.15) is 26.7 Å². The summed E-state index contributed by atoms with van der Waals surface area (Å²) in [5.41, 5.74) is 0. The SMILES string of the molecule is CCOC(C)C(=O)N(C)CC(=O)N1CCC(C(=O)O)CC1. The monoisotopic (exact) mass is 300 g/mol. The molecule has 1 fully saturated rings. The van der Waals surface area contributed by atoms with Crippen molar-refractivity contribution >= 4 is 17.8 Å². The number of carbonyl (C=O) groups excluding carboxylic acids is 2. The summed E-state index contributed by atoms with van der Waals surface area (Å²) in [6, 6.07) is 0. The van der Waals surface area contributed by atoms with Crippen LogP contribution in [-0.2, 0) is 19.1 Å². The van der Waals surface area contributed by atoms with Crippen molar-refractivity contribution in [3.63, 3.8) is 0 Å². The van der Waals surface area contributed by atoms with E-state index in [0.29, 0.717) is 32.5 Å². The molecule has 120 valence electrons. The summed E-state index contributed by atoms with van der Waals surface area (Å²) in [6.45, 7) is 4.76. The highest BCUT2D eigenvalue weighted by Crippen LogP contribution is 2.17. The highest BCUT2D eigenvalue weighted by Gasteiger charge is 2.28. The summed E-state index contributed by atoms with van der Waals surface area (Å²) in [6.07, 6.45) is 0.368. The second-order valence-electron chi connectivity index (χ2n) is 5.29. The topological polar surface area (TPSA) is 87.2 Å². The summed E-state index contributed by atoms with van der Waals surface area (Å²) in [4.78, 5) is 37.9. The standard InChI is InChI=1S/C14H24N2O5/c1-4-21-10(2)13(18)15(3)9-12(17)16-7-5-11(6-8-16)14(19)20/h10-11H,4-9H2,1-3H3,(H,19,20). The Morgan fingerprint density at radius 2 is 1.90 bits per heavy atom. The van der Waals surface area contributed by atoms with E-state index in [2.05, 4.69) is 0 Å². The van der Waals surface area contributed by atoms with Crippen LogP contribution in [0, 0.1) is 5.92 Å². The molecular weight excluding hydrogens is 276 g/mol. The molecule has 1 aliphatic heterocycles. The zero-order valence-corrected chi connectivity index (χ0v) is 12.9. The number of carboxylic acid groups (broad SMARTS) is 1. The van der Waals surface area contributed by atoms with E-state index < -0.39 is 12.1 Å². The van der Waals surface area contributed by atoms with Gasteiger partial charge in [0.05, 0.1) is 12.5 Å². The van der Waals surface area contributed by atoms with Gasteiger partial charge in [-0.15, -0.1) is 0 Å². The van der Waals surface area contributed by atoms with E-state index in [1.54, 1.807) is 18.9 Å². The van der Waals surface area contributed by atoms with Gasteiger partial charge in [-0.2, -0.15) is 0 Å². The third kappa shape index (κ3) is 5.00. The highest BCUT2D eigenvalue weighted by molar-refractivity contribution is 5.86. The number of amides is 2. The lowest BCUT2D eigenvalue weighted by Gasteiger charge is -2.31. The molecular formula is C14H24N2O5. The van der Waals surface area contributed by atoms with Gasteiger partial charge in [-0.1, -0.05) is 0 Å². The van der Waals surface area contributed by atoms with Gasteiger partial charge < -0.3 is 19.6 Å². The van der Waals surface area contributed by atoms with Crippen LogP contribution >= 0.6 is 0 Å². The molecule has 1 N–H and O–H groups in total. The molecule has 0 spiro atoms. The first kappa shape index (κ1) is 17.4. The van der Waals surface area contributed by atoms with Crippen LogP contribution in [0.4, 0.5) is 0 Å². The number of hydrogen-bond donors (Lipinski definition) is 1. The fourth-order valence-electron chi connectivity index (χ4n) is 2.39. The second-order valence-corrected chi connectivity index (χ2v) is 5.29. The van der Waals surface area contributed by atoms with Gasteiger partial charge in [0.1, 0.15) is 6.10 Å². The Morgan fingerprint density at radius 1 is 1.33 bits per heavy atom. The van der Waals surface area contributed by atoms with E-state index in [1.165, 1.54) is 4.90 Å². The van der Waals surface area contributed by atoms with Gasteiger partial charge in [-0.05, 0) is 26.7 Å². The number of piperidine rings is 1.